The number of benzene rings is 1. The molecule has 4 rings (SSSR count). The highest BCUT2D eigenvalue weighted by Crippen LogP contribution is 2.25. The number of aromatic nitrogens is 5. The van der Waals surface area contributed by atoms with Crippen molar-refractivity contribution in [2.45, 2.75) is 20.3 Å². The molecular formula is C20H23FN8. The maximum atomic E-state index is 13.2. The number of hydrogen-bond acceptors (Lipinski definition) is 6. The summed E-state index contributed by atoms with van der Waals surface area (Å²) in [5, 5.41) is 4.52. The van der Waals surface area contributed by atoms with Crippen molar-refractivity contribution in [3.05, 3.63) is 59.2 Å². The Labute approximate surface area is 168 Å². The topological polar surface area (TPSA) is 98.1 Å². The van der Waals surface area contributed by atoms with E-state index in [4.69, 9.17) is 5.73 Å². The number of halogens is 1. The third-order valence-electron chi connectivity index (χ3n) is 4.97. The average molecular weight is 394 g/mol. The number of aryl methyl sites for hydroxylation is 2. The van der Waals surface area contributed by atoms with Crippen molar-refractivity contribution < 1.29 is 4.39 Å². The van der Waals surface area contributed by atoms with Gasteiger partial charge in [0, 0.05) is 32.6 Å². The van der Waals surface area contributed by atoms with Gasteiger partial charge in [0.25, 0.3) is 0 Å². The van der Waals surface area contributed by atoms with Gasteiger partial charge in [-0.2, -0.15) is 4.68 Å². The molecule has 2 aromatic heterocycles. The smallest absolute Gasteiger partial charge is 0.161 e. The number of amidine groups is 1. The second kappa shape index (κ2) is 7.57. The van der Waals surface area contributed by atoms with Gasteiger partial charge in [-0.1, -0.05) is 12.1 Å². The number of hydrogen-bond donors (Lipinski definition) is 1. The lowest BCUT2D eigenvalue weighted by molar-refractivity contribution is 0.511. The van der Waals surface area contributed by atoms with Gasteiger partial charge >= 0.3 is 0 Å². The molecule has 150 valence electrons. The summed E-state index contributed by atoms with van der Waals surface area (Å²) in [6.45, 7) is 5.25. The second-order valence-corrected chi connectivity index (χ2v) is 7.17. The van der Waals surface area contributed by atoms with Crippen LogP contribution in [0.25, 0.3) is 5.82 Å². The highest BCUT2D eigenvalue weighted by molar-refractivity contribution is 5.85. The maximum Gasteiger partial charge on any atom is 0.161 e. The van der Waals surface area contributed by atoms with E-state index in [1.54, 1.807) is 23.9 Å². The van der Waals surface area contributed by atoms with E-state index < -0.39 is 0 Å². The molecule has 9 heteroatoms. The van der Waals surface area contributed by atoms with E-state index in [1.165, 1.54) is 12.1 Å². The number of nitrogens with two attached hydrogens (primary N) is 1. The van der Waals surface area contributed by atoms with E-state index in [0.717, 1.165) is 30.3 Å². The summed E-state index contributed by atoms with van der Waals surface area (Å²) in [6.07, 6.45) is 0.523. The zero-order valence-corrected chi connectivity index (χ0v) is 16.7. The molecule has 0 unspecified atom stereocenters. The first-order valence-electron chi connectivity index (χ1n) is 9.43. The first-order chi connectivity index (χ1) is 13.9. The minimum atomic E-state index is -0.260. The van der Waals surface area contributed by atoms with Crippen LogP contribution < -0.4 is 10.6 Å². The average Bonchev–Trinajstić information content (AvgIpc) is 3.02. The Hall–Kier alpha value is -3.36. The Kier molecular flexibility index (Phi) is 4.96. The number of anilines is 1. The minimum Gasteiger partial charge on any atom is -0.387 e. The normalized spacial score (nSPS) is 14.9. The first kappa shape index (κ1) is 19.0. The van der Waals surface area contributed by atoms with E-state index in [2.05, 4.69) is 29.9 Å². The molecule has 2 N–H and O–H groups in total. The van der Waals surface area contributed by atoms with Crippen LogP contribution in [0.4, 0.5) is 10.2 Å². The Morgan fingerprint density at radius 2 is 1.79 bits per heavy atom. The van der Waals surface area contributed by atoms with Crippen LogP contribution in [0.5, 0.6) is 0 Å². The fraction of sp³-hybridized carbons (Fsp3) is 0.350. The van der Waals surface area contributed by atoms with Gasteiger partial charge in [-0.05, 0) is 31.5 Å². The zero-order chi connectivity index (χ0) is 20.5. The number of nitrogens with zero attached hydrogens (tertiary/aromatic N) is 7. The molecule has 1 aliphatic rings. The predicted octanol–water partition coefficient (Wildman–Crippen LogP) is 1.83. The third-order valence-corrected chi connectivity index (χ3v) is 4.97. The molecule has 1 aliphatic heterocycles. The van der Waals surface area contributed by atoms with E-state index in [-0.39, 0.29) is 11.7 Å². The van der Waals surface area contributed by atoms with Gasteiger partial charge < -0.3 is 10.6 Å². The molecule has 0 bridgehead atoms. The van der Waals surface area contributed by atoms with Crippen LogP contribution in [0.2, 0.25) is 0 Å². The highest BCUT2D eigenvalue weighted by atomic mass is 19.1. The summed E-state index contributed by atoms with van der Waals surface area (Å²) < 4.78 is 14.9. The molecule has 1 aromatic carbocycles. The molecule has 3 heterocycles. The number of aliphatic imine (C=N–C) groups is 1. The van der Waals surface area contributed by atoms with E-state index >= 15 is 0 Å². The van der Waals surface area contributed by atoms with Crippen molar-refractivity contribution in [2.24, 2.45) is 16.6 Å². The van der Waals surface area contributed by atoms with E-state index in [1.807, 2.05) is 19.9 Å². The second-order valence-electron chi connectivity index (χ2n) is 7.17. The molecule has 0 amide bonds. The van der Waals surface area contributed by atoms with Crippen LogP contribution in [0.15, 0.2) is 35.3 Å². The summed E-state index contributed by atoms with van der Waals surface area (Å²) in [5.41, 5.74) is 6.87. The zero-order valence-electron chi connectivity index (χ0n) is 16.7. The standard InChI is InChI=1S/C20H23FN8/c1-12-24-17(28-10-15(11-28)20(22)23-3)9-19(25-12)29-18(26-13(2)27-29)8-14-4-6-16(21)7-5-14/h4-7,9,15H,8,10-11H2,1-3H3,(H2,22,23). The van der Waals surface area contributed by atoms with Gasteiger partial charge in [0.2, 0.25) is 0 Å². The molecule has 0 aliphatic carbocycles. The first-order valence-corrected chi connectivity index (χ1v) is 9.43. The van der Waals surface area contributed by atoms with Gasteiger partial charge in [0.1, 0.15) is 34.9 Å². The third kappa shape index (κ3) is 3.94. The lowest BCUT2D eigenvalue weighted by Crippen LogP contribution is -2.53. The van der Waals surface area contributed by atoms with Crippen LogP contribution in [0.3, 0.4) is 0 Å². The van der Waals surface area contributed by atoms with Crippen molar-refractivity contribution in [1.82, 2.24) is 24.7 Å². The fourth-order valence-corrected chi connectivity index (χ4v) is 3.38. The van der Waals surface area contributed by atoms with E-state index in [0.29, 0.717) is 29.7 Å². The van der Waals surface area contributed by atoms with Gasteiger partial charge in [0.15, 0.2) is 5.82 Å². The van der Waals surface area contributed by atoms with Gasteiger partial charge in [-0.3, -0.25) is 4.99 Å². The van der Waals surface area contributed by atoms with Gasteiger partial charge in [-0.25, -0.2) is 19.3 Å². The number of rotatable bonds is 5. The largest absolute Gasteiger partial charge is 0.387 e. The van der Waals surface area contributed by atoms with Gasteiger partial charge in [-0.15, -0.1) is 5.10 Å². The fourth-order valence-electron chi connectivity index (χ4n) is 3.38. The molecule has 1 saturated heterocycles. The van der Waals surface area contributed by atoms with Crippen LogP contribution in [0.1, 0.15) is 23.0 Å². The Balaban J connectivity index is 1.62. The summed E-state index contributed by atoms with van der Waals surface area (Å²) in [4.78, 5) is 19.9. The lowest BCUT2D eigenvalue weighted by Gasteiger charge is -2.39. The molecular weight excluding hydrogens is 371 g/mol. The van der Waals surface area contributed by atoms with E-state index in [9.17, 15) is 4.39 Å². The molecule has 29 heavy (non-hydrogen) atoms. The quantitative estimate of drug-likeness (QED) is 0.524. The molecule has 0 atom stereocenters. The molecule has 0 spiro atoms. The lowest BCUT2D eigenvalue weighted by atomic mass is 9.99. The monoisotopic (exact) mass is 394 g/mol. The SMILES string of the molecule is CN=C(N)C1CN(c2cc(-n3nc(C)nc3Cc3ccc(F)cc3)nc(C)n2)C1. The Morgan fingerprint density at radius 3 is 2.48 bits per heavy atom. The molecule has 8 nitrogen and oxygen atoms in total. The Morgan fingerprint density at radius 1 is 1.10 bits per heavy atom. The predicted molar refractivity (Wildman–Crippen MR) is 109 cm³/mol. The van der Waals surface area contributed by atoms with Crippen molar-refractivity contribution in [2.75, 3.05) is 25.0 Å². The van der Waals surface area contributed by atoms with Crippen molar-refractivity contribution in [3.63, 3.8) is 0 Å². The Bertz CT molecular complexity index is 1050. The highest BCUT2D eigenvalue weighted by Gasteiger charge is 2.31. The summed E-state index contributed by atoms with van der Waals surface area (Å²) in [6, 6.07) is 8.30. The van der Waals surface area contributed by atoms with Crippen LogP contribution >= 0.6 is 0 Å². The van der Waals surface area contributed by atoms with Crippen LogP contribution in [-0.4, -0.2) is 50.7 Å². The maximum absolute atomic E-state index is 13.2. The van der Waals surface area contributed by atoms with Crippen molar-refractivity contribution in [3.8, 4) is 5.82 Å². The summed E-state index contributed by atoms with van der Waals surface area (Å²) >= 11 is 0. The molecule has 0 saturated carbocycles. The summed E-state index contributed by atoms with van der Waals surface area (Å²) in [5.74, 6) is 4.18. The van der Waals surface area contributed by atoms with Crippen molar-refractivity contribution in [1.29, 1.82) is 0 Å². The van der Waals surface area contributed by atoms with Crippen LogP contribution in [-0.2, 0) is 6.42 Å². The minimum absolute atomic E-state index is 0.251. The molecule has 0 radical (unpaired) electrons. The molecule has 1 fully saturated rings. The molecule has 3 aromatic rings. The van der Waals surface area contributed by atoms with Gasteiger partial charge in [0.05, 0.1) is 5.92 Å². The van der Waals surface area contributed by atoms with Crippen molar-refractivity contribution >= 4 is 11.7 Å². The van der Waals surface area contributed by atoms with Crippen LogP contribution in [0, 0.1) is 25.6 Å². The summed E-state index contributed by atoms with van der Waals surface area (Å²) in [7, 11) is 1.71.